The largest absolute Gasteiger partial charge is 0.494 e. The van der Waals surface area contributed by atoms with Crippen LogP contribution < -0.4 is 24.4 Å². The lowest BCUT2D eigenvalue weighted by Gasteiger charge is -2.13. The first-order valence-corrected chi connectivity index (χ1v) is 12.2. The second-order valence-corrected chi connectivity index (χ2v) is 8.29. The number of amides is 1. The molecule has 0 radical (unpaired) electrons. The van der Waals surface area contributed by atoms with Gasteiger partial charge in [-0.25, -0.2) is 10.2 Å². The SMILES string of the molecule is CCCOc1ccc(C(=O)Oc2ccc(/C=N/NC(=O)C(C)Oc3cccc(Cl)c3)cc2OCC)cc1. The highest BCUT2D eigenvalue weighted by Gasteiger charge is 2.15. The Hall–Kier alpha value is -4.04. The van der Waals surface area contributed by atoms with Crippen molar-refractivity contribution in [2.75, 3.05) is 13.2 Å². The summed E-state index contributed by atoms with van der Waals surface area (Å²) in [5.74, 6) is 0.846. The molecule has 0 saturated heterocycles. The van der Waals surface area contributed by atoms with Gasteiger partial charge in [-0.15, -0.1) is 0 Å². The van der Waals surface area contributed by atoms with Gasteiger partial charge in [0.15, 0.2) is 17.6 Å². The van der Waals surface area contributed by atoms with Crippen LogP contribution in [0.4, 0.5) is 0 Å². The van der Waals surface area contributed by atoms with Crippen molar-refractivity contribution in [2.24, 2.45) is 5.10 Å². The van der Waals surface area contributed by atoms with Crippen molar-refractivity contribution in [2.45, 2.75) is 33.3 Å². The molecule has 3 aromatic rings. The molecule has 1 N–H and O–H groups in total. The van der Waals surface area contributed by atoms with Crippen molar-refractivity contribution in [3.05, 3.63) is 82.9 Å². The smallest absolute Gasteiger partial charge is 0.343 e. The Balaban J connectivity index is 1.61. The number of nitrogens with one attached hydrogen (secondary N) is 1. The molecule has 0 aliphatic heterocycles. The van der Waals surface area contributed by atoms with E-state index in [1.807, 2.05) is 13.8 Å². The van der Waals surface area contributed by atoms with Crippen LogP contribution in [0, 0.1) is 0 Å². The van der Waals surface area contributed by atoms with Crippen molar-refractivity contribution < 1.29 is 28.5 Å². The third-order valence-corrected chi connectivity index (χ3v) is 5.13. The Morgan fingerprint density at radius 3 is 2.46 bits per heavy atom. The summed E-state index contributed by atoms with van der Waals surface area (Å²) >= 11 is 5.94. The maximum Gasteiger partial charge on any atom is 0.343 e. The van der Waals surface area contributed by atoms with E-state index in [4.69, 9.17) is 30.5 Å². The first-order valence-electron chi connectivity index (χ1n) is 11.9. The van der Waals surface area contributed by atoms with Gasteiger partial charge in [0.05, 0.1) is 25.0 Å². The van der Waals surface area contributed by atoms with Crippen LogP contribution in [0.1, 0.15) is 43.1 Å². The highest BCUT2D eigenvalue weighted by atomic mass is 35.5. The number of hydrazone groups is 1. The Morgan fingerprint density at radius 1 is 0.973 bits per heavy atom. The van der Waals surface area contributed by atoms with Gasteiger partial charge in [-0.3, -0.25) is 4.79 Å². The molecule has 3 rings (SSSR count). The van der Waals surface area contributed by atoms with Gasteiger partial charge in [0.2, 0.25) is 0 Å². The summed E-state index contributed by atoms with van der Waals surface area (Å²) < 4.78 is 22.3. The summed E-state index contributed by atoms with van der Waals surface area (Å²) in [5, 5.41) is 4.50. The van der Waals surface area contributed by atoms with Crippen molar-refractivity contribution in [1.29, 1.82) is 0 Å². The van der Waals surface area contributed by atoms with E-state index in [0.29, 0.717) is 46.6 Å². The fraction of sp³-hybridized carbons (Fsp3) is 0.250. The van der Waals surface area contributed by atoms with Crippen LogP contribution >= 0.6 is 11.6 Å². The monoisotopic (exact) mass is 524 g/mol. The lowest BCUT2D eigenvalue weighted by Crippen LogP contribution is -2.33. The molecule has 0 heterocycles. The van der Waals surface area contributed by atoms with Crippen molar-refractivity contribution >= 4 is 29.7 Å². The molecule has 8 nitrogen and oxygen atoms in total. The quantitative estimate of drug-likeness (QED) is 0.142. The van der Waals surface area contributed by atoms with Crippen molar-refractivity contribution in [3.8, 4) is 23.0 Å². The maximum atomic E-state index is 12.6. The van der Waals surface area contributed by atoms with E-state index < -0.39 is 18.0 Å². The van der Waals surface area contributed by atoms with Gasteiger partial charge in [0.1, 0.15) is 11.5 Å². The summed E-state index contributed by atoms with van der Waals surface area (Å²) in [7, 11) is 0. The number of ether oxygens (including phenoxy) is 4. The van der Waals surface area contributed by atoms with Gasteiger partial charge in [-0.1, -0.05) is 24.6 Å². The molecule has 3 aromatic carbocycles. The average molecular weight is 525 g/mol. The summed E-state index contributed by atoms with van der Waals surface area (Å²) in [6, 6.07) is 18.5. The first kappa shape index (κ1) is 27.5. The highest BCUT2D eigenvalue weighted by Crippen LogP contribution is 2.29. The number of halogens is 1. The predicted octanol–water partition coefficient (Wildman–Crippen LogP) is 5.66. The fourth-order valence-electron chi connectivity index (χ4n) is 3.08. The molecule has 1 amide bonds. The van der Waals surface area contributed by atoms with Crippen molar-refractivity contribution in [3.63, 3.8) is 0 Å². The summed E-state index contributed by atoms with van der Waals surface area (Å²) in [5.41, 5.74) is 3.45. The molecule has 0 bridgehead atoms. The number of hydrogen-bond acceptors (Lipinski definition) is 7. The normalized spacial score (nSPS) is 11.6. The first-order chi connectivity index (χ1) is 17.9. The zero-order valence-corrected chi connectivity index (χ0v) is 21.7. The highest BCUT2D eigenvalue weighted by molar-refractivity contribution is 6.30. The van der Waals surface area contributed by atoms with Crippen LogP contribution in [-0.2, 0) is 4.79 Å². The molecule has 1 atom stereocenters. The number of carbonyl (C=O) groups is 2. The maximum absolute atomic E-state index is 12.6. The molecule has 1 unspecified atom stereocenters. The lowest BCUT2D eigenvalue weighted by atomic mass is 10.2. The van der Waals surface area contributed by atoms with E-state index in [9.17, 15) is 9.59 Å². The van der Waals surface area contributed by atoms with E-state index in [1.165, 1.54) is 6.21 Å². The van der Waals surface area contributed by atoms with Crippen molar-refractivity contribution in [1.82, 2.24) is 5.43 Å². The average Bonchev–Trinajstić information content (AvgIpc) is 2.89. The van der Waals surface area contributed by atoms with Gasteiger partial charge >= 0.3 is 5.97 Å². The third-order valence-electron chi connectivity index (χ3n) is 4.90. The van der Waals surface area contributed by atoms with Gasteiger partial charge in [0.25, 0.3) is 5.91 Å². The summed E-state index contributed by atoms with van der Waals surface area (Å²) in [6.07, 6.45) is 1.56. The zero-order chi connectivity index (χ0) is 26.6. The third kappa shape index (κ3) is 8.54. The molecule has 0 saturated carbocycles. The van der Waals surface area contributed by atoms with E-state index >= 15 is 0 Å². The Kier molecular flexibility index (Phi) is 10.3. The second-order valence-electron chi connectivity index (χ2n) is 7.85. The minimum absolute atomic E-state index is 0.267. The Morgan fingerprint density at radius 2 is 1.76 bits per heavy atom. The number of carbonyl (C=O) groups excluding carboxylic acids is 2. The number of nitrogens with zero attached hydrogens (tertiary/aromatic N) is 1. The summed E-state index contributed by atoms with van der Waals surface area (Å²) in [4.78, 5) is 24.9. The van der Waals surface area contributed by atoms with Gasteiger partial charge in [0, 0.05) is 5.02 Å². The minimum Gasteiger partial charge on any atom is -0.494 e. The fourth-order valence-corrected chi connectivity index (χ4v) is 3.26. The Bertz CT molecular complexity index is 1230. The van der Waals surface area contributed by atoms with Crippen LogP contribution in [0.3, 0.4) is 0 Å². The van der Waals surface area contributed by atoms with Crippen LogP contribution in [-0.4, -0.2) is 37.4 Å². The van der Waals surface area contributed by atoms with Crippen LogP contribution in [0.25, 0.3) is 0 Å². The molecule has 0 aromatic heterocycles. The number of esters is 1. The van der Waals surface area contributed by atoms with Gasteiger partial charge in [-0.05, 0) is 86.5 Å². The minimum atomic E-state index is -0.788. The topological polar surface area (TPSA) is 95.5 Å². The lowest BCUT2D eigenvalue weighted by molar-refractivity contribution is -0.127. The van der Waals surface area contributed by atoms with E-state index in [0.717, 1.165) is 6.42 Å². The van der Waals surface area contributed by atoms with Crippen LogP contribution in [0.5, 0.6) is 23.0 Å². The summed E-state index contributed by atoms with van der Waals surface area (Å²) in [6.45, 7) is 6.42. The predicted molar refractivity (Wildman–Crippen MR) is 142 cm³/mol. The number of rotatable bonds is 12. The molecule has 0 fully saturated rings. The molecule has 0 spiro atoms. The second kappa shape index (κ2) is 13.9. The number of benzene rings is 3. The van der Waals surface area contributed by atoms with E-state index in [2.05, 4.69) is 10.5 Å². The molecule has 194 valence electrons. The zero-order valence-electron chi connectivity index (χ0n) is 20.9. The van der Waals surface area contributed by atoms with Crippen LogP contribution in [0.15, 0.2) is 71.8 Å². The van der Waals surface area contributed by atoms with E-state index in [1.54, 1.807) is 73.7 Å². The van der Waals surface area contributed by atoms with Gasteiger partial charge < -0.3 is 18.9 Å². The molecule has 0 aliphatic rings. The van der Waals surface area contributed by atoms with Gasteiger partial charge in [-0.2, -0.15) is 5.10 Å². The molecule has 0 aliphatic carbocycles. The standard InChI is InChI=1S/C28H29ClN2O6/c1-4-15-35-23-12-10-21(11-13-23)28(33)37-25-14-9-20(16-26(25)34-5-2)18-30-31-27(32)19(3)36-24-8-6-7-22(29)17-24/h6-14,16-19H,4-5,15H2,1-3H3,(H,31,32)/b30-18+. The molecular weight excluding hydrogens is 496 g/mol. The molecule has 9 heteroatoms. The Labute approximate surface area is 221 Å². The van der Waals surface area contributed by atoms with E-state index in [-0.39, 0.29) is 5.75 Å². The number of hydrogen-bond donors (Lipinski definition) is 1. The molecular formula is C28H29ClN2O6. The van der Waals surface area contributed by atoms with Crippen LogP contribution in [0.2, 0.25) is 5.02 Å². The molecule has 37 heavy (non-hydrogen) atoms.